The summed E-state index contributed by atoms with van der Waals surface area (Å²) in [5.74, 6) is -0.252. The number of aliphatic hydroxyl groups excluding tert-OH is 8. The first-order chi connectivity index (χ1) is 47.6. The fourth-order valence-corrected chi connectivity index (χ4v) is 12.2. The van der Waals surface area contributed by atoms with Crippen molar-refractivity contribution in [2.75, 3.05) is 19.8 Å². The zero-order valence-electron chi connectivity index (χ0n) is 61.0. The van der Waals surface area contributed by atoms with E-state index >= 15 is 0 Å². The van der Waals surface area contributed by atoms with Crippen LogP contribution in [0.15, 0.2) is 122 Å². The van der Waals surface area contributed by atoms with E-state index < -0.39 is 86.8 Å². The van der Waals surface area contributed by atoms with Crippen molar-refractivity contribution in [3.63, 3.8) is 0 Å². The SMILES string of the molecule is CC/C=C\C/C=C\C/C=C\C/C=C\C/C=C\C/C=C\C/C=C\C/C=C\C/C=C\CCCCCCCCCC(=O)NC(COC1OC(CO)C(OC2OC(CO)C(O)C(O)C2O)C(O)C1O)C(O)/C=C/CCCCCCCCCCCCCCCCCCCCCCCCCCCC. The minimum atomic E-state index is -1.80. The van der Waals surface area contributed by atoms with E-state index in [9.17, 15) is 45.6 Å². The van der Waals surface area contributed by atoms with Gasteiger partial charge in [-0.1, -0.05) is 328 Å². The van der Waals surface area contributed by atoms with Crippen molar-refractivity contribution in [1.29, 1.82) is 0 Å². The Morgan fingerprint density at radius 3 is 1.09 bits per heavy atom. The van der Waals surface area contributed by atoms with Crippen molar-refractivity contribution in [3.8, 4) is 0 Å². The van der Waals surface area contributed by atoms with E-state index in [4.69, 9.17) is 18.9 Å². The Labute approximate surface area is 590 Å². The van der Waals surface area contributed by atoms with Gasteiger partial charge >= 0.3 is 0 Å². The maximum Gasteiger partial charge on any atom is 0.220 e. The van der Waals surface area contributed by atoms with Crippen LogP contribution in [0.2, 0.25) is 0 Å². The monoisotopic (exact) mass is 1360 g/mol. The Balaban J connectivity index is 1.66. The van der Waals surface area contributed by atoms with E-state index in [1.54, 1.807) is 6.08 Å². The summed E-state index contributed by atoms with van der Waals surface area (Å²) in [5, 5.41) is 87.7. The number of rotatable bonds is 64. The highest BCUT2D eigenvalue weighted by atomic mass is 16.7. The van der Waals surface area contributed by atoms with Gasteiger partial charge in [0.25, 0.3) is 0 Å². The maximum absolute atomic E-state index is 13.4. The third-order valence-electron chi connectivity index (χ3n) is 18.4. The largest absolute Gasteiger partial charge is 0.394 e. The molecule has 0 bridgehead atoms. The fourth-order valence-electron chi connectivity index (χ4n) is 12.2. The van der Waals surface area contributed by atoms with Crippen LogP contribution in [-0.4, -0.2) is 140 Å². The van der Waals surface area contributed by atoms with Gasteiger partial charge in [0.05, 0.1) is 32.0 Å². The fraction of sp³-hybridized carbons (Fsp3) is 0.747. The second kappa shape index (κ2) is 65.7. The topological polar surface area (TPSA) is 228 Å². The molecule has 0 aromatic heterocycles. The molecule has 0 aromatic rings. The average molecular weight is 1360 g/mol. The van der Waals surface area contributed by atoms with Crippen LogP contribution in [0.1, 0.15) is 303 Å². The molecule has 2 fully saturated rings. The Bertz CT molecular complexity index is 2100. The highest BCUT2D eigenvalue weighted by Gasteiger charge is 2.51. The minimum absolute atomic E-state index is 0.252. The summed E-state index contributed by atoms with van der Waals surface area (Å²) < 4.78 is 22.9. The quantitative estimate of drug-likeness (QED) is 0.0204. The van der Waals surface area contributed by atoms with Gasteiger partial charge in [0, 0.05) is 6.42 Å². The molecule has 1 amide bonds. The molecule has 12 atom stereocenters. The van der Waals surface area contributed by atoms with Crippen LogP contribution >= 0.6 is 0 Å². The number of ether oxygens (including phenoxy) is 4. The van der Waals surface area contributed by atoms with E-state index in [2.05, 4.69) is 129 Å². The molecule has 12 unspecified atom stereocenters. The highest BCUT2D eigenvalue weighted by Crippen LogP contribution is 2.30. The molecular weight excluding hydrogens is 1220 g/mol. The number of carbonyl (C=O) groups is 1. The summed E-state index contributed by atoms with van der Waals surface area (Å²) in [7, 11) is 0. The van der Waals surface area contributed by atoms with Gasteiger partial charge in [-0.3, -0.25) is 4.79 Å². The first kappa shape index (κ1) is 89.5. The standard InChI is InChI=1S/C83H143NO13/c1-3-5-7-9-11-13-15-17-19-21-23-25-27-29-31-33-34-35-36-37-38-39-41-43-45-47-49-51-53-55-57-59-61-63-65-67-75(88)84-71(70-94-82-80(93)78(91)81(74(69-86)96-82)97-83-79(92)77(90)76(89)73(68-85)95-83)72(87)66-64-62-60-58-56-54-52-50-48-46-44-42-40-32-30-28-26-24-22-20-18-16-14-12-10-8-6-4-2/h5,7,11,13,17,19,23,25,29,31,34-35,37-38,41,43,47,49,64,66,71-74,76-83,85-87,89-93H,3-4,6,8-10,12,14-16,18,20-22,24,26-28,30,32-33,36,39-40,42,44-46,48,50-63,65,67-70H2,1-2H3,(H,84,88)/b7-5-,13-11-,19-17-,25-23-,31-29-,35-34-,38-37-,43-41-,49-47-,66-64+. The van der Waals surface area contributed by atoms with Gasteiger partial charge in [-0.05, 0) is 89.9 Å². The Kier molecular flexibility index (Phi) is 60.6. The van der Waals surface area contributed by atoms with Gasteiger partial charge in [-0.2, -0.15) is 0 Å². The summed E-state index contributed by atoms with van der Waals surface area (Å²) in [4.78, 5) is 13.4. The molecule has 0 radical (unpaired) electrons. The molecule has 558 valence electrons. The van der Waals surface area contributed by atoms with Gasteiger partial charge in [0.1, 0.15) is 48.8 Å². The van der Waals surface area contributed by atoms with Crippen LogP contribution in [-0.2, 0) is 23.7 Å². The predicted octanol–water partition coefficient (Wildman–Crippen LogP) is 17.6. The number of nitrogens with one attached hydrogen (secondary N) is 1. The molecule has 14 heteroatoms. The summed E-state index contributed by atoms with van der Waals surface area (Å²) in [6.45, 7) is 2.71. The van der Waals surface area contributed by atoms with E-state index in [0.717, 1.165) is 122 Å². The zero-order chi connectivity index (χ0) is 70.1. The molecule has 14 nitrogen and oxygen atoms in total. The Morgan fingerprint density at radius 1 is 0.381 bits per heavy atom. The first-order valence-electron chi connectivity index (χ1n) is 39.3. The number of amides is 1. The van der Waals surface area contributed by atoms with Gasteiger partial charge in [-0.15, -0.1) is 0 Å². The van der Waals surface area contributed by atoms with Gasteiger partial charge in [-0.25, -0.2) is 0 Å². The number of aliphatic hydroxyl groups is 8. The summed E-state index contributed by atoms with van der Waals surface area (Å²) >= 11 is 0. The summed E-state index contributed by atoms with van der Waals surface area (Å²) in [6, 6.07) is -0.932. The third-order valence-corrected chi connectivity index (χ3v) is 18.4. The molecule has 9 N–H and O–H groups in total. The predicted molar refractivity (Wildman–Crippen MR) is 401 cm³/mol. The number of allylic oxidation sites excluding steroid dienone is 19. The molecule has 2 aliphatic heterocycles. The normalized spacial score (nSPS) is 22.8. The molecule has 2 heterocycles. The number of hydrogen-bond donors (Lipinski definition) is 9. The lowest BCUT2D eigenvalue weighted by Crippen LogP contribution is -2.65. The lowest BCUT2D eigenvalue weighted by Gasteiger charge is -2.46. The molecule has 0 spiro atoms. The van der Waals surface area contributed by atoms with E-state index in [1.165, 1.54) is 154 Å². The third kappa shape index (κ3) is 48.8. The zero-order valence-corrected chi connectivity index (χ0v) is 61.0. The van der Waals surface area contributed by atoms with Crippen molar-refractivity contribution < 1.29 is 64.6 Å². The molecule has 2 rings (SSSR count). The van der Waals surface area contributed by atoms with E-state index in [-0.39, 0.29) is 18.9 Å². The van der Waals surface area contributed by atoms with Crippen LogP contribution in [0, 0.1) is 0 Å². The van der Waals surface area contributed by atoms with Gasteiger partial charge in [0.15, 0.2) is 12.6 Å². The first-order valence-corrected chi connectivity index (χ1v) is 39.3. The Hall–Kier alpha value is -3.61. The minimum Gasteiger partial charge on any atom is -0.394 e. The van der Waals surface area contributed by atoms with Crippen molar-refractivity contribution >= 4 is 5.91 Å². The lowest BCUT2D eigenvalue weighted by atomic mass is 9.97. The average Bonchev–Trinajstić information content (AvgIpc) is 0.793. The summed E-state index contributed by atoms with van der Waals surface area (Å²) in [5.41, 5.74) is 0. The number of hydrogen-bond acceptors (Lipinski definition) is 13. The van der Waals surface area contributed by atoms with Crippen molar-refractivity contribution in [3.05, 3.63) is 122 Å². The van der Waals surface area contributed by atoms with E-state index in [0.29, 0.717) is 6.42 Å². The van der Waals surface area contributed by atoms with Crippen molar-refractivity contribution in [1.82, 2.24) is 5.32 Å². The van der Waals surface area contributed by atoms with E-state index in [1.807, 2.05) is 6.08 Å². The van der Waals surface area contributed by atoms with Crippen molar-refractivity contribution in [2.45, 2.75) is 376 Å². The Morgan fingerprint density at radius 2 is 0.711 bits per heavy atom. The molecule has 0 saturated carbocycles. The molecule has 2 aliphatic rings. The lowest BCUT2D eigenvalue weighted by molar-refractivity contribution is -0.359. The number of carbonyl (C=O) groups excluding carboxylic acids is 1. The maximum atomic E-state index is 13.4. The second-order valence-corrected chi connectivity index (χ2v) is 27.1. The van der Waals surface area contributed by atoms with Crippen LogP contribution in [0.25, 0.3) is 0 Å². The molecule has 2 saturated heterocycles. The van der Waals surface area contributed by atoms with Crippen molar-refractivity contribution in [2.24, 2.45) is 0 Å². The number of unbranched alkanes of at least 4 members (excludes halogenated alkanes) is 33. The molecule has 0 aromatic carbocycles. The molecule has 0 aliphatic carbocycles. The summed E-state index contributed by atoms with van der Waals surface area (Å²) in [6.07, 6.45) is 79.7. The highest BCUT2D eigenvalue weighted by molar-refractivity contribution is 5.76. The van der Waals surface area contributed by atoms with Crippen LogP contribution in [0.3, 0.4) is 0 Å². The van der Waals surface area contributed by atoms with Crippen LogP contribution < -0.4 is 5.32 Å². The van der Waals surface area contributed by atoms with Crippen LogP contribution in [0.4, 0.5) is 0 Å². The van der Waals surface area contributed by atoms with Gasteiger partial charge < -0.3 is 65.1 Å². The second-order valence-electron chi connectivity index (χ2n) is 27.1. The smallest absolute Gasteiger partial charge is 0.220 e. The molecule has 97 heavy (non-hydrogen) atoms. The van der Waals surface area contributed by atoms with Crippen LogP contribution in [0.5, 0.6) is 0 Å². The molecular formula is C83H143NO13. The van der Waals surface area contributed by atoms with Gasteiger partial charge in [0.2, 0.25) is 5.91 Å².